The van der Waals surface area contributed by atoms with Gasteiger partial charge in [0.2, 0.25) is 0 Å². The summed E-state index contributed by atoms with van der Waals surface area (Å²) in [5.74, 6) is 1.42. The predicted octanol–water partition coefficient (Wildman–Crippen LogP) is 5.38. The van der Waals surface area contributed by atoms with Gasteiger partial charge in [0.05, 0.1) is 0 Å². The van der Waals surface area contributed by atoms with Gasteiger partial charge in [-0.2, -0.15) is 0 Å². The maximum Gasteiger partial charge on any atom is -0.000824 e. The van der Waals surface area contributed by atoms with Crippen LogP contribution in [0, 0.1) is 5.92 Å². The number of rotatable bonds is 8. The van der Waals surface area contributed by atoms with Crippen LogP contribution in [0.2, 0.25) is 0 Å². The zero-order valence-corrected chi connectivity index (χ0v) is 14.5. The summed E-state index contributed by atoms with van der Waals surface area (Å²) >= 11 is 0. The first-order valence-corrected chi connectivity index (χ1v) is 9.25. The highest BCUT2D eigenvalue weighted by atomic mass is 14.5. The number of benzene rings is 1. The Balaban J connectivity index is 1.97. The summed E-state index contributed by atoms with van der Waals surface area (Å²) in [5, 5.41) is 0. The molecule has 1 aromatic carbocycles. The maximum atomic E-state index is 5.96. The Bertz CT molecular complexity index is 475. The molecule has 0 spiro atoms. The zero-order valence-electron chi connectivity index (χ0n) is 14.5. The molecule has 2 unspecified atom stereocenters. The van der Waals surface area contributed by atoms with Gasteiger partial charge in [-0.3, -0.25) is 0 Å². The summed E-state index contributed by atoms with van der Waals surface area (Å²) in [5.41, 5.74) is 10.6. The lowest BCUT2D eigenvalue weighted by molar-refractivity contribution is 0.430. The van der Waals surface area contributed by atoms with Crippen molar-refractivity contribution in [3.05, 3.63) is 47.0 Å². The second-order valence-electron chi connectivity index (χ2n) is 6.82. The van der Waals surface area contributed by atoms with Crippen LogP contribution in [0.4, 0.5) is 0 Å². The molecule has 0 fully saturated rings. The van der Waals surface area contributed by atoms with Crippen LogP contribution in [-0.2, 0) is 12.8 Å². The SMILES string of the molecule is CC/C=C/CCC1CCc2cc(C(CN)CCC)ccc2C1. The van der Waals surface area contributed by atoms with E-state index in [1.807, 2.05) is 0 Å². The van der Waals surface area contributed by atoms with Crippen molar-refractivity contribution >= 4 is 0 Å². The summed E-state index contributed by atoms with van der Waals surface area (Å²) in [4.78, 5) is 0. The first kappa shape index (κ1) is 17.3. The zero-order chi connectivity index (χ0) is 15.8. The van der Waals surface area contributed by atoms with Crippen LogP contribution in [0.5, 0.6) is 0 Å². The first-order chi connectivity index (χ1) is 10.8. The second-order valence-corrected chi connectivity index (χ2v) is 6.82. The van der Waals surface area contributed by atoms with Crippen LogP contribution < -0.4 is 5.73 Å². The van der Waals surface area contributed by atoms with Crippen LogP contribution in [-0.4, -0.2) is 6.54 Å². The molecule has 1 nitrogen and oxygen atoms in total. The highest BCUT2D eigenvalue weighted by molar-refractivity contribution is 5.36. The van der Waals surface area contributed by atoms with Gasteiger partial charge in [0.25, 0.3) is 0 Å². The van der Waals surface area contributed by atoms with E-state index in [0.717, 1.165) is 18.9 Å². The minimum atomic E-state index is 0.548. The van der Waals surface area contributed by atoms with Crippen molar-refractivity contribution in [1.29, 1.82) is 0 Å². The van der Waals surface area contributed by atoms with Crippen molar-refractivity contribution < 1.29 is 0 Å². The van der Waals surface area contributed by atoms with Gasteiger partial charge in [0.1, 0.15) is 0 Å². The van der Waals surface area contributed by atoms with Gasteiger partial charge in [-0.1, -0.05) is 50.6 Å². The van der Waals surface area contributed by atoms with Crippen molar-refractivity contribution in [3.8, 4) is 0 Å². The van der Waals surface area contributed by atoms with E-state index in [1.165, 1.54) is 50.5 Å². The molecule has 0 saturated carbocycles. The number of aryl methyl sites for hydroxylation is 1. The van der Waals surface area contributed by atoms with Gasteiger partial charge in [0, 0.05) is 0 Å². The van der Waals surface area contributed by atoms with E-state index in [2.05, 4.69) is 44.2 Å². The highest BCUT2D eigenvalue weighted by Gasteiger charge is 2.19. The van der Waals surface area contributed by atoms with E-state index in [1.54, 1.807) is 11.1 Å². The van der Waals surface area contributed by atoms with Crippen LogP contribution in [0.3, 0.4) is 0 Å². The van der Waals surface area contributed by atoms with Crippen LogP contribution in [0.15, 0.2) is 30.4 Å². The molecule has 22 heavy (non-hydrogen) atoms. The molecule has 1 aliphatic rings. The van der Waals surface area contributed by atoms with Crippen molar-refractivity contribution in [1.82, 2.24) is 0 Å². The molecular formula is C21H33N. The fraction of sp³-hybridized carbons (Fsp3) is 0.619. The monoisotopic (exact) mass is 299 g/mol. The van der Waals surface area contributed by atoms with Crippen LogP contribution >= 0.6 is 0 Å². The number of allylic oxidation sites excluding steroid dienone is 2. The van der Waals surface area contributed by atoms with Crippen molar-refractivity contribution in [2.24, 2.45) is 11.7 Å². The van der Waals surface area contributed by atoms with E-state index in [9.17, 15) is 0 Å². The highest BCUT2D eigenvalue weighted by Crippen LogP contribution is 2.31. The topological polar surface area (TPSA) is 26.0 Å². The van der Waals surface area contributed by atoms with Gasteiger partial charge in [-0.25, -0.2) is 0 Å². The minimum absolute atomic E-state index is 0.548. The van der Waals surface area contributed by atoms with Gasteiger partial charge >= 0.3 is 0 Å². The van der Waals surface area contributed by atoms with Crippen molar-refractivity contribution in [3.63, 3.8) is 0 Å². The summed E-state index contributed by atoms with van der Waals surface area (Å²) in [6.45, 7) is 5.23. The molecule has 1 aromatic rings. The molecule has 0 aromatic heterocycles. The third-order valence-electron chi connectivity index (χ3n) is 5.10. The molecule has 0 aliphatic heterocycles. The van der Waals surface area contributed by atoms with Crippen LogP contribution in [0.25, 0.3) is 0 Å². The van der Waals surface area contributed by atoms with E-state index >= 15 is 0 Å². The molecule has 1 heteroatoms. The molecule has 2 atom stereocenters. The molecular weight excluding hydrogens is 266 g/mol. The lowest BCUT2D eigenvalue weighted by Crippen LogP contribution is -2.16. The Hall–Kier alpha value is -1.08. The fourth-order valence-corrected chi connectivity index (χ4v) is 3.74. The van der Waals surface area contributed by atoms with E-state index < -0.39 is 0 Å². The average molecular weight is 300 g/mol. The Morgan fingerprint density at radius 1 is 1.23 bits per heavy atom. The first-order valence-electron chi connectivity index (χ1n) is 9.25. The summed E-state index contributed by atoms with van der Waals surface area (Å²) < 4.78 is 0. The Kier molecular flexibility index (Phi) is 7.18. The van der Waals surface area contributed by atoms with Gasteiger partial charge < -0.3 is 5.73 Å². The van der Waals surface area contributed by atoms with Gasteiger partial charge in [0.15, 0.2) is 0 Å². The predicted molar refractivity (Wildman–Crippen MR) is 97.3 cm³/mol. The maximum absolute atomic E-state index is 5.96. The van der Waals surface area contributed by atoms with Crippen LogP contribution in [0.1, 0.15) is 75.0 Å². The molecule has 2 N–H and O–H groups in total. The number of nitrogens with two attached hydrogens (primary N) is 1. The molecule has 0 bridgehead atoms. The molecule has 0 heterocycles. The third kappa shape index (κ3) is 4.71. The van der Waals surface area contributed by atoms with E-state index in [0.29, 0.717) is 5.92 Å². The number of fused-ring (bicyclic) bond motifs is 1. The van der Waals surface area contributed by atoms with Crippen molar-refractivity contribution in [2.75, 3.05) is 6.54 Å². The Labute approximate surface area is 137 Å². The molecule has 0 radical (unpaired) electrons. The minimum Gasteiger partial charge on any atom is -0.330 e. The van der Waals surface area contributed by atoms with E-state index in [-0.39, 0.29) is 0 Å². The third-order valence-corrected chi connectivity index (χ3v) is 5.10. The molecule has 0 saturated heterocycles. The fourth-order valence-electron chi connectivity index (χ4n) is 3.74. The van der Waals surface area contributed by atoms with Crippen molar-refractivity contribution in [2.45, 2.75) is 71.1 Å². The summed E-state index contributed by atoms with van der Waals surface area (Å²) in [7, 11) is 0. The molecule has 122 valence electrons. The normalized spacial score (nSPS) is 19.3. The molecule has 2 rings (SSSR count). The Morgan fingerprint density at radius 2 is 2.09 bits per heavy atom. The largest absolute Gasteiger partial charge is 0.330 e. The lowest BCUT2D eigenvalue weighted by atomic mass is 9.80. The molecule has 0 amide bonds. The second kappa shape index (κ2) is 9.15. The standard InChI is InChI=1S/C21H33N/c1-3-5-6-7-9-17-10-11-19-15-20(13-12-18(19)14-17)21(16-22)8-4-2/h5-6,12-13,15,17,21H,3-4,7-11,14,16,22H2,1-2H3/b6-5+. The molecule has 1 aliphatic carbocycles. The average Bonchev–Trinajstić information content (AvgIpc) is 2.56. The van der Waals surface area contributed by atoms with E-state index in [4.69, 9.17) is 5.73 Å². The number of hydrogen-bond acceptors (Lipinski definition) is 1. The number of hydrogen-bond donors (Lipinski definition) is 1. The van der Waals surface area contributed by atoms with Gasteiger partial charge in [-0.05, 0) is 80.0 Å². The lowest BCUT2D eigenvalue weighted by Gasteiger charge is -2.26. The summed E-state index contributed by atoms with van der Waals surface area (Å²) in [6, 6.07) is 7.18. The Morgan fingerprint density at radius 3 is 2.82 bits per heavy atom. The summed E-state index contributed by atoms with van der Waals surface area (Å²) in [6.07, 6.45) is 14.7. The van der Waals surface area contributed by atoms with Gasteiger partial charge in [-0.15, -0.1) is 0 Å². The quantitative estimate of drug-likeness (QED) is 0.641. The smallest absolute Gasteiger partial charge is 0.000824 e.